The molecule has 15 heavy (non-hydrogen) atoms. The van der Waals surface area contributed by atoms with E-state index in [1.54, 1.807) is 0 Å². The molecule has 1 amide bonds. The van der Waals surface area contributed by atoms with Crippen molar-refractivity contribution >= 4 is 5.91 Å². The summed E-state index contributed by atoms with van der Waals surface area (Å²) in [5.74, 6) is -0.258. The van der Waals surface area contributed by atoms with Gasteiger partial charge in [0.25, 0.3) is 0 Å². The van der Waals surface area contributed by atoms with Gasteiger partial charge in [-0.05, 0) is 6.42 Å². The molecule has 0 rings (SSSR count). The average Bonchev–Trinajstić information content (AvgIpc) is 2.26. The molecule has 4 heteroatoms. The molecule has 4 N–H and O–H groups in total. The zero-order chi connectivity index (χ0) is 11.5. The first-order chi connectivity index (χ1) is 7.22. The number of aliphatic hydroxyl groups excluding tert-OH is 1. The molecule has 0 heterocycles. The van der Waals surface area contributed by atoms with Crippen LogP contribution in [0, 0.1) is 0 Å². The molecule has 0 radical (unpaired) electrons. The Kier molecular flexibility index (Phi) is 9.52. The number of hydrogen-bond donors (Lipinski definition) is 3. The number of aliphatic hydroxyl groups is 1. The maximum absolute atomic E-state index is 11.1. The van der Waals surface area contributed by atoms with Crippen LogP contribution < -0.4 is 11.1 Å². The second-order valence-corrected chi connectivity index (χ2v) is 3.85. The van der Waals surface area contributed by atoms with Gasteiger partial charge in [0.15, 0.2) is 0 Å². The number of hydrogen-bond acceptors (Lipinski definition) is 3. The van der Waals surface area contributed by atoms with Crippen LogP contribution in [0.25, 0.3) is 0 Å². The van der Waals surface area contributed by atoms with Gasteiger partial charge < -0.3 is 16.2 Å². The molecular formula is C11H24N2O2. The first-order valence-electron chi connectivity index (χ1n) is 5.86. The number of amides is 1. The zero-order valence-corrected chi connectivity index (χ0v) is 9.67. The SMILES string of the molecule is CCCCCCCCNC(=O)[C@H](N)CO. The van der Waals surface area contributed by atoms with Crippen LogP contribution in [-0.4, -0.2) is 30.2 Å². The van der Waals surface area contributed by atoms with Crippen LogP contribution in [0.2, 0.25) is 0 Å². The van der Waals surface area contributed by atoms with E-state index in [2.05, 4.69) is 12.2 Å². The minimum Gasteiger partial charge on any atom is -0.394 e. The number of unbranched alkanes of at least 4 members (excludes halogenated alkanes) is 5. The summed E-state index contributed by atoms with van der Waals surface area (Å²) in [5.41, 5.74) is 5.33. The van der Waals surface area contributed by atoms with Crippen molar-refractivity contribution in [1.82, 2.24) is 5.32 Å². The molecule has 4 nitrogen and oxygen atoms in total. The Labute approximate surface area is 92.2 Å². The van der Waals surface area contributed by atoms with E-state index in [1.165, 1.54) is 25.7 Å². The maximum atomic E-state index is 11.1. The summed E-state index contributed by atoms with van der Waals surface area (Å²) < 4.78 is 0. The number of nitrogens with one attached hydrogen (secondary N) is 1. The third-order valence-electron chi connectivity index (χ3n) is 2.36. The van der Waals surface area contributed by atoms with Crippen LogP contribution in [0.4, 0.5) is 0 Å². The first-order valence-corrected chi connectivity index (χ1v) is 5.86. The van der Waals surface area contributed by atoms with E-state index in [9.17, 15) is 4.79 Å². The standard InChI is InChI=1S/C11H24N2O2/c1-2-3-4-5-6-7-8-13-11(15)10(12)9-14/h10,14H,2-9,12H2,1H3,(H,13,15)/t10-/m1/s1. The van der Waals surface area contributed by atoms with Gasteiger partial charge in [0.05, 0.1) is 6.61 Å². The summed E-state index contributed by atoms with van der Waals surface area (Å²) in [5, 5.41) is 11.3. The van der Waals surface area contributed by atoms with Gasteiger partial charge in [-0.25, -0.2) is 0 Å². The molecule has 0 spiro atoms. The number of carbonyl (C=O) groups is 1. The molecule has 0 aromatic heterocycles. The predicted molar refractivity (Wildman–Crippen MR) is 61.4 cm³/mol. The summed E-state index contributed by atoms with van der Waals surface area (Å²) in [7, 11) is 0. The highest BCUT2D eigenvalue weighted by molar-refractivity contribution is 5.81. The van der Waals surface area contributed by atoms with Crippen molar-refractivity contribution in [3.63, 3.8) is 0 Å². The molecule has 0 saturated heterocycles. The van der Waals surface area contributed by atoms with Gasteiger partial charge in [-0.3, -0.25) is 4.79 Å². The van der Waals surface area contributed by atoms with Gasteiger partial charge in [-0.15, -0.1) is 0 Å². The molecule has 0 aliphatic carbocycles. The Morgan fingerprint density at radius 1 is 1.27 bits per heavy atom. The second-order valence-electron chi connectivity index (χ2n) is 3.85. The van der Waals surface area contributed by atoms with Crippen molar-refractivity contribution in [2.45, 2.75) is 51.5 Å². The van der Waals surface area contributed by atoms with E-state index >= 15 is 0 Å². The Balaban J connectivity index is 3.20. The van der Waals surface area contributed by atoms with Gasteiger partial charge >= 0.3 is 0 Å². The third kappa shape index (κ3) is 8.39. The van der Waals surface area contributed by atoms with Crippen molar-refractivity contribution in [2.24, 2.45) is 5.73 Å². The highest BCUT2D eigenvalue weighted by atomic mass is 16.3. The van der Waals surface area contributed by atoms with Crippen LogP contribution in [0.3, 0.4) is 0 Å². The van der Waals surface area contributed by atoms with Crippen molar-refractivity contribution in [3.05, 3.63) is 0 Å². The molecule has 0 bridgehead atoms. The highest BCUT2D eigenvalue weighted by Crippen LogP contribution is 2.03. The van der Waals surface area contributed by atoms with Crippen LogP contribution >= 0.6 is 0 Å². The van der Waals surface area contributed by atoms with Crippen LogP contribution in [0.15, 0.2) is 0 Å². The van der Waals surface area contributed by atoms with E-state index in [0.29, 0.717) is 6.54 Å². The summed E-state index contributed by atoms with van der Waals surface area (Å²) >= 11 is 0. The molecule has 0 aromatic carbocycles. The lowest BCUT2D eigenvalue weighted by Gasteiger charge is -2.09. The fourth-order valence-electron chi connectivity index (χ4n) is 1.33. The first kappa shape index (κ1) is 14.4. The van der Waals surface area contributed by atoms with Crippen LogP contribution in [0.1, 0.15) is 45.4 Å². The van der Waals surface area contributed by atoms with Gasteiger partial charge in [0.1, 0.15) is 6.04 Å². The minimum atomic E-state index is -0.773. The molecule has 90 valence electrons. The Bertz CT molecular complexity index is 163. The molecule has 0 aromatic rings. The fourth-order valence-corrected chi connectivity index (χ4v) is 1.33. The van der Waals surface area contributed by atoms with Crippen molar-refractivity contribution in [2.75, 3.05) is 13.2 Å². The summed E-state index contributed by atoms with van der Waals surface area (Å²) in [4.78, 5) is 11.1. The van der Waals surface area contributed by atoms with Crippen molar-refractivity contribution in [3.8, 4) is 0 Å². The molecular weight excluding hydrogens is 192 g/mol. The van der Waals surface area contributed by atoms with Gasteiger partial charge in [0.2, 0.25) is 5.91 Å². The molecule has 0 fully saturated rings. The third-order valence-corrected chi connectivity index (χ3v) is 2.36. The Hall–Kier alpha value is -0.610. The van der Waals surface area contributed by atoms with Gasteiger partial charge in [0, 0.05) is 6.54 Å². The summed E-state index contributed by atoms with van der Waals surface area (Å²) in [6, 6.07) is -0.773. The van der Waals surface area contributed by atoms with E-state index in [4.69, 9.17) is 10.8 Å². The van der Waals surface area contributed by atoms with Crippen molar-refractivity contribution in [1.29, 1.82) is 0 Å². The topological polar surface area (TPSA) is 75.4 Å². The van der Waals surface area contributed by atoms with Crippen LogP contribution in [-0.2, 0) is 4.79 Å². The average molecular weight is 216 g/mol. The predicted octanol–water partition coefficient (Wildman–Crippen LogP) is 0.783. The summed E-state index contributed by atoms with van der Waals surface area (Å²) in [6.45, 7) is 2.57. The van der Waals surface area contributed by atoms with Gasteiger partial charge in [-0.1, -0.05) is 39.0 Å². The number of carbonyl (C=O) groups excluding carboxylic acids is 1. The van der Waals surface area contributed by atoms with Crippen LogP contribution in [0.5, 0.6) is 0 Å². The molecule has 0 aliphatic heterocycles. The molecule has 0 saturated carbocycles. The largest absolute Gasteiger partial charge is 0.394 e. The van der Waals surface area contributed by atoms with E-state index in [0.717, 1.165) is 12.8 Å². The lowest BCUT2D eigenvalue weighted by molar-refractivity contribution is -0.123. The monoisotopic (exact) mass is 216 g/mol. The Morgan fingerprint density at radius 2 is 1.87 bits per heavy atom. The zero-order valence-electron chi connectivity index (χ0n) is 9.67. The lowest BCUT2D eigenvalue weighted by Crippen LogP contribution is -2.43. The quantitative estimate of drug-likeness (QED) is 0.499. The summed E-state index contributed by atoms with van der Waals surface area (Å²) in [6.07, 6.45) is 7.20. The van der Waals surface area contributed by atoms with Crippen molar-refractivity contribution < 1.29 is 9.90 Å². The fraction of sp³-hybridized carbons (Fsp3) is 0.909. The minimum absolute atomic E-state index is 0.258. The number of nitrogens with two attached hydrogens (primary N) is 1. The smallest absolute Gasteiger partial charge is 0.239 e. The van der Waals surface area contributed by atoms with E-state index in [-0.39, 0.29) is 12.5 Å². The number of rotatable bonds is 9. The molecule has 0 aliphatic rings. The van der Waals surface area contributed by atoms with E-state index < -0.39 is 6.04 Å². The lowest BCUT2D eigenvalue weighted by atomic mass is 10.1. The molecule has 1 atom stereocenters. The maximum Gasteiger partial charge on any atom is 0.239 e. The van der Waals surface area contributed by atoms with Gasteiger partial charge in [-0.2, -0.15) is 0 Å². The normalized spacial score (nSPS) is 12.5. The van der Waals surface area contributed by atoms with E-state index in [1.807, 2.05) is 0 Å². The second kappa shape index (κ2) is 9.93. The Morgan fingerprint density at radius 3 is 2.47 bits per heavy atom. The molecule has 0 unspecified atom stereocenters. The highest BCUT2D eigenvalue weighted by Gasteiger charge is 2.09.